The maximum absolute atomic E-state index is 5.84. The van der Waals surface area contributed by atoms with Gasteiger partial charge in [-0.3, -0.25) is 0 Å². The quantitative estimate of drug-likeness (QED) is 0.781. The van der Waals surface area contributed by atoms with Crippen LogP contribution in [0.3, 0.4) is 0 Å². The van der Waals surface area contributed by atoms with E-state index in [1.165, 1.54) is 5.56 Å². The Labute approximate surface area is 124 Å². The number of rotatable bonds is 5. The first kappa shape index (κ1) is 13.6. The summed E-state index contributed by atoms with van der Waals surface area (Å²) in [6.45, 7) is 3.27. The number of fused-ring (bicyclic) bond motifs is 1. The maximum Gasteiger partial charge on any atom is 0.151 e. The number of ether oxygens (including phenoxy) is 1. The number of hydrogen-bond donors (Lipinski definition) is 1. The summed E-state index contributed by atoms with van der Waals surface area (Å²) < 4.78 is 7.93. The number of aryl methyl sites for hydroxylation is 1. The smallest absolute Gasteiger partial charge is 0.151 e. The van der Waals surface area contributed by atoms with Crippen molar-refractivity contribution in [3.8, 4) is 5.75 Å². The van der Waals surface area contributed by atoms with Crippen LogP contribution in [0.2, 0.25) is 0 Å². The number of hydrogen-bond acceptors (Lipinski definition) is 3. The highest BCUT2D eigenvalue weighted by Gasteiger charge is 2.10. The van der Waals surface area contributed by atoms with E-state index in [1.54, 1.807) is 0 Å². The van der Waals surface area contributed by atoms with E-state index < -0.39 is 0 Å². The van der Waals surface area contributed by atoms with Crippen LogP contribution in [0.25, 0.3) is 5.52 Å². The minimum absolute atomic E-state index is 0.456. The molecule has 0 radical (unpaired) electrons. The summed E-state index contributed by atoms with van der Waals surface area (Å²) in [6, 6.07) is 14.2. The molecule has 108 valence electrons. The van der Waals surface area contributed by atoms with Crippen LogP contribution in [-0.4, -0.2) is 16.4 Å². The fourth-order valence-electron chi connectivity index (χ4n) is 2.35. The molecule has 0 atom stereocenters. The predicted molar refractivity (Wildman–Crippen MR) is 83.5 cm³/mol. The molecule has 4 nitrogen and oxygen atoms in total. The highest BCUT2D eigenvalue weighted by molar-refractivity contribution is 5.53. The molecule has 0 unspecified atom stereocenters. The van der Waals surface area contributed by atoms with Gasteiger partial charge in [0.1, 0.15) is 12.4 Å². The summed E-state index contributed by atoms with van der Waals surface area (Å²) in [5.41, 5.74) is 3.39. The van der Waals surface area contributed by atoms with Crippen LogP contribution < -0.4 is 10.1 Å². The molecule has 1 N–H and O–H groups in total. The van der Waals surface area contributed by atoms with Gasteiger partial charge in [0.05, 0.1) is 11.2 Å². The van der Waals surface area contributed by atoms with Crippen LogP contribution in [0.4, 0.5) is 0 Å². The molecule has 0 saturated carbocycles. The molecule has 3 aromatic rings. The van der Waals surface area contributed by atoms with E-state index >= 15 is 0 Å². The van der Waals surface area contributed by atoms with E-state index in [0.717, 1.165) is 29.3 Å². The minimum Gasteiger partial charge on any atom is -0.486 e. The molecule has 0 fully saturated rings. The fraction of sp³-hybridized carbons (Fsp3) is 0.235. The van der Waals surface area contributed by atoms with Gasteiger partial charge in [-0.25, -0.2) is 4.98 Å². The van der Waals surface area contributed by atoms with E-state index in [2.05, 4.69) is 27.7 Å². The molecule has 3 rings (SSSR count). The molecule has 2 aromatic heterocycles. The first-order chi connectivity index (χ1) is 10.3. The lowest BCUT2D eigenvalue weighted by Gasteiger charge is -2.05. The van der Waals surface area contributed by atoms with Gasteiger partial charge >= 0.3 is 0 Å². The number of nitrogens with zero attached hydrogens (tertiary/aromatic N) is 2. The predicted octanol–water partition coefficient (Wildman–Crippen LogP) is 2.94. The van der Waals surface area contributed by atoms with Crippen molar-refractivity contribution in [3.05, 3.63) is 65.7 Å². The zero-order chi connectivity index (χ0) is 14.7. The molecule has 21 heavy (non-hydrogen) atoms. The average molecular weight is 281 g/mol. The second-order valence-corrected chi connectivity index (χ2v) is 5.06. The van der Waals surface area contributed by atoms with Crippen molar-refractivity contribution in [1.82, 2.24) is 14.7 Å². The van der Waals surface area contributed by atoms with Gasteiger partial charge in [-0.1, -0.05) is 23.8 Å². The highest BCUT2D eigenvalue weighted by Crippen LogP contribution is 2.16. The number of aromatic nitrogens is 2. The first-order valence-corrected chi connectivity index (χ1v) is 7.07. The van der Waals surface area contributed by atoms with Crippen molar-refractivity contribution in [3.63, 3.8) is 0 Å². The van der Waals surface area contributed by atoms with Gasteiger partial charge in [-0.05, 0) is 38.2 Å². The Hall–Kier alpha value is -2.33. The summed E-state index contributed by atoms with van der Waals surface area (Å²) in [6.07, 6.45) is 2.02. The molecule has 2 heterocycles. The molecule has 0 aliphatic carbocycles. The molecule has 0 aliphatic heterocycles. The molecule has 0 bridgehead atoms. The molecule has 4 heteroatoms. The van der Waals surface area contributed by atoms with E-state index in [4.69, 9.17) is 4.74 Å². The molecular weight excluding hydrogens is 262 g/mol. The summed E-state index contributed by atoms with van der Waals surface area (Å²) in [7, 11) is 1.93. The number of nitrogens with one attached hydrogen (secondary N) is 1. The summed E-state index contributed by atoms with van der Waals surface area (Å²) in [5, 5.41) is 3.15. The third kappa shape index (κ3) is 2.90. The first-order valence-electron chi connectivity index (χ1n) is 7.07. The van der Waals surface area contributed by atoms with Gasteiger partial charge < -0.3 is 14.5 Å². The third-order valence-electron chi connectivity index (χ3n) is 3.43. The van der Waals surface area contributed by atoms with E-state index in [-0.39, 0.29) is 0 Å². The second kappa shape index (κ2) is 5.97. The summed E-state index contributed by atoms with van der Waals surface area (Å²) in [5.74, 6) is 1.78. The molecule has 0 aliphatic rings. The highest BCUT2D eigenvalue weighted by atomic mass is 16.5. The van der Waals surface area contributed by atoms with Crippen LogP contribution in [0.5, 0.6) is 5.75 Å². The van der Waals surface area contributed by atoms with Gasteiger partial charge in [0, 0.05) is 12.7 Å². The molecule has 0 saturated heterocycles. The lowest BCUT2D eigenvalue weighted by Crippen LogP contribution is -2.06. The largest absolute Gasteiger partial charge is 0.486 e. The van der Waals surface area contributed by atoms with Crippen LogP contribution in [0.1, 0.15) is 17.1 Å². The van der Waals surface area contributed by atoms with Gasteiger partial charge in [0.15, 0.2) is 5.82 Å². The lowest BCUT2D eigenvalue weighted by molar-refractivity contribution is 0.295. The molecular formula is C17H19N3O. The number of imidazole rings is 1. The lowest BCUT2D eigenvalue weighted by atomic mass is 10.2. The average Bonchev–Trinajstić information content (AvgIpc) is 2.86. The zero-order valence-electron chi connectivity index (χ0n) is 12.3. The second-order valence-electron chi connectivity index (χ2n) is 5.06. The normalized spacial score (nSPS) is 11.0. The maximum atomic E-state index is 5.84. The molecule has 0 amide bonds. The van der Waals surface area contributed by atoms with E-state index in [0.29, 0.717) is 6.61 Å². The van der Waals surface area contributed by atoms with Crippen LogP contribution in [0, 0.1) is 6.92 Å². The Morgan fingerprint density at radius 2 is 1.95 bits per heavy atom. The molecule has 0 spiro atoms. The Kier molecular flexibility index (Phi) is 3.88. The third-order valence-corrected chi connectivity index (χ3v) is 3.43. The standard InChI is InChI=1S/C17H19N3O/c1-13-6-8-14(9-7-13)21-12-17-19-15(11-18-2)16-5-3-4-10-20(16)17/h3-10,18H,11-12H2,1-2H3. The van der Waals surface area contributed by atoms with Crippen LogP contribution >= 0.6 is 0 Å². The van der Waals surface area contributed by atoms with Gasteiger partial charge in [0.2, 0.25) is 0 Å². The molecule has 1 aromatic carbocycles. The van der Waals surface area contributed by atoms with E-state index in [9.17, 15) is 0 Å². The zero-order valence-corrected chi connectivity index (χ0v) is 12.3. The van der Waals surface area contributed by atoms with Crippen LogP contribution in [-0.2, 0) is 13.2 Å². The SMILES string of the molecule is CNCc1nc(COc2ccc(C)cc2)n2ccccc12. The van der Waals surface area contributed by atoms with Crippen molar-refractivity contribution in [2.45, 2.75) is 20.1 Å². The Balaban J connectivity index is 1.84. The van der Waals surface area contributed by atoms with Crippen molar-refractivity contribution < 1.29 is 4.74 Å². The van der Waals surface area contributed by atoms with Crippen molar-refractivity contribution in [1.29, 1.82) is 0 Å². The van der Waals surface area contributed by atoms with E-state index in [1.807, 2.05) is 49.6 Å². The van der Waals surface area contributed by atoms with Gasteiger partial charge in [-0.2, -0.15) is 0 Å². The number of pyridine rings is 1. The number of benzene rings is 1. The van der Waals surface area contributed by atoms with Gasteiger partial charge in [-0.15, -0.1) is 0 Å². The summed E-state index contributed by atoms with van der Waals surface area (Å²) >= 11 is 0. The minimum atomic E-state index is 0.456. The summed E-state index contributed by atoms with van der Waals surface area (Å²) in [4.78, 5) is 4.69. The topological polar surface area (TPSA) is 38.6 Å². The van der Waals surface area contributed by atoms with Crippen molar-refractivity contribution in [2.75, 3.05) is 7.05 Å². The van der Waals surface area contributed by atoms with Crippen LogP contribution in [0.15, 0.2) is 48.7 Å². The Morgan fingerprint density at radius 1 is 1.14 bits per heavy atom. The van der Waals surface area contributed by atoms with Gasteiger partial charge in [0.25, 0.3) is 0 Å². The van der Waals surface area contributed by atoms with Crippen molar-refractivity contribution in [2.24, 2.45) is 0 Å². The Morgan fingerprint density at radius 3 is 2.71 bits per heavy atom. The fourth-order valence-corrected chi connectivity index (χ4v) is 2.35. The van der Waals surface area contributed by atoms with Crippen molar-refractivity contribution >= 4 is 5.52 Å². The Bertz CT molecular complexity index is 731. The monoisotopic (exact) mass is 281 g/mol.